The molecule has 2 aromatic rings. The van der Waals surface area contributed by atoms with Crippen LogP contribution in [0, 0.1) is 0 Å². The molecule has 1 aromatic carbocycles. The average Bonchev–Trinajstić information content (AvgIpc) is 2.54. The van der Waals surface area contributed by atoms with Gasteiger partial charge in [0.2, 0.25) is 10.6 Å². The highest BCUT2D eigenvalue weighted by atomic mass is 35.5. The van der Waals surface area contributed by atoms with Gasteiger partial charge in [0, 0.05) is 24.3 Å². The fraction of sp³-hybridized carbons (Fsp3) is 0.471. The third kappa shape index (κ3) is 5.33. The number of hydrogen-bond acceptors (Lipinski definition) is 4. The lowest BCUT2D eigenvalue weighted by Crippen LogP contribution is -2.25. The van der Waals surface area contributed by atoms with E-state index >= 15 is 0 Å². The van der Waals surface area contributed by atoms with Crippen LogP contribution in [-0.4, -0.2) is 28.0 Å². The van der Waals surface area contributed by atoms with Gasteiger partial charge in [0.1, 0.15) is 0 Å². The molecule has 0 aliphatic carbocycles. The first kappa shape index (κ1) is 18.0. The molecule has 6 heteroatoms. The van der Waals surface area contributed by atoms with Crippen molar-refractivity contribution in [3.63, 3.8) is 0 Å². The van der Waals surface area contributed by atoms with Crippen molar-refractivity contribution in [3.8, 4) is 11.4 Å². The molecule has 0 saturated heterocycles. The number of halogens is 2. The van der Waals surface area contributed by atoms with E-state index in [0.29, 0.717) is 5.82 Å². The molecule has 0 N–H and O–H groups in total. The van der Waals surface area contributed by atoms with E-state index < -0.39 is 0 Å². The summed E-state index contributed by atoms with van der Waals surface area (Å²) < 4.78 is 0. The van der Waals surface area contributed by atoms with Gasteiger partial charge in [0.25, 0.3) is 0 Å². The summed E-state index contributed by atoms with van der Waals surface area (Å²) in [5, 5.41) is 0.216. The Balaban J connectivity index is 2.18. The van der Waals surface area contributed by atoms with Gasteiger partial charge < -0.3 is 4.90 Å². The van der Waals surface area contributed by atoms with Crippen LogP contribution in [0.25, 0.3) is 11.4 Å². The van der Waals surface area contributed by atoms with Crippen LogP contribution in [0.15, 0.2) is 24.3 Å². The maximum absolute atomic E-state index is 5.84. The number of rotatable bonds is 8. The highest BCUT2D eigenvalue weighted by Gasteiger charge is 2.09. The first-order chi connectivity index (χ1) is 11.1. The number of unbranched alkanes of at least 4 members (excludes halogenated alkanes) is 2. The molecule has 23 heavy (non-hydrogen) atoms. The summed E-state index contributed by atoms with van der Waals surface area (Å²) in [7, 11) is 0. The molecule has 0 unspecified atom stereocenters. The van der Waals surface area contributed by atoms with E-state index in [0.717, 1.165) is 18.7 Å². The maximum Gasteiger partial charge on any atom is 0.227 e. The Labute approximate surface area is 147 Å². The number of benzene rings is 1. The second kappa shape index (κ2) is 9.04. The average molecular weight is 353 g/mol. The van der Waals surface area contributed by atoms with Gasteiger partial charge in [-0.2, -0.15) is 15.0 Å². The Morgan fingerprint density at radius 2 is 1.35 bits per heavy atom. The maximum atomic E-state index is 5.84. The van der Waals surface area contributed by atoms with Crippen LogP contribution in [-0.2, 0) is 0 Å². The Morgan fingerprint density at radius 3 is 1.83 bits per heavy atom. The lowest BCUT2D eigenvalue weighted by molar-refractivity contribution is 0.678. The van der Waals surface area contributed by atoms with Gasteiger partial charge in [0.05, 0.1) is 0 Å². The van der Waals surface area contributed by atoms with E-state index in [4.69, 9.17) is 23.2 Å². The fourth-order valence-corrected chi connectivity index (χ4v) is 2.71. The molecule has 1 heterocycles. The first-order valence-corrected chi connectivity index (χ1v) is 8.82. The zero-order valence-corrected chi connectivity index (χ0v) is 15.1. The van der Waals surface area contributed by atoms with Gasteiger partial charge in [-0.25, -0.2) is 0 Å². The topological polar surface area (TPSA) is 41.9 Å². The second-order valence-corrected chi connectivity index (χ2v) is 6.11. The molecular weight excluding hydrogens is 331 g/mol. The summed E-state index contributed by atoms with van der Waals surface area (Å²) in [6, 6.07) is 8.21. The van der Waals surface area contributed by atoms with E-state index in [-0.39, 0.29) is 10.6 Å². The number of anilines is 1. The summed E-state index contributed by atoms with van der Waals surface area (Å²) in [5.41, 5.74) is 2.10. The third-order valence-electron chi connectivity index (χ3n) is 3.63. The molecule has 0 amide bonds. The standard InChI is InChI=1S/C17H22Cl2N4/c1-3-5-11-23(12-6-4-2)14-9-7-13(8-10-14)15-20-16(18)22-17(19)21-15/h7-10H,3-6,11-12H2,1-2H3. The molecule has 0 bridgehead atoms. The van der Waals surface area contributed by atoms with Gasteiger partial charge in [-0.1, -0.05) is 26.7 Å². The van der Waals surface area contributed by atoms with Crippen molar-refractivity contribution in [2.75, 3.05) is 18.0 Å². The van der Waals surface area contributed by atoms with Crippen LogP contribution in [0.1, 0.15) is 39.5 Å². The molecule has 0 aliphatic heterocycles. The van der Waals surface area contributed by atoms with Crippen LogP contribution in [0.2, 0.25) is 10.6 Å². The molecule has 0 aliphatic rings. The Bertz CT molecular complexity index is 588. The first-order valence-electron chi connectivity index (χ1n) is 8.06. The lowest BCUT2D eigenvalue weighted by atomic mass is 10.1. The molecule has 1 aromatic heterocycles. The normalized spacial score (nSPS) is 10.8. The Morgan fingerprint density at radius 1 is 0.826 bits per heavy atom. The van der Waals surface area contributed by atoms with Crippen molar-refractivity contribution < 1.29 is 0 Å². The van der Waals surface area contributed by atoms with Crippen molar-refractivity contribution in [2.45, 2.75) is 39.5 Å². The highest BCUT2D eigenvalue weighted by molar-refractivity contribution is 6.31. The molecule has 0 atom stereocenters. The second-order valence-electron chi connectivity index (χ2n) is 5.44. The minimum atomic E-state index is 0.108. The van der Waals surface area contributed by atoms with Crippen molar-refractivity contribution in [1.82, 2.24) is 15.0 Å². The van der Waals surface area contributed by atoms with Crippen LogP contribution < -0.4 is 4.90 Å². The van der Waals surface area contributed by atoms with Gasteiger partial charge in [-0.05, 0) is 60.3 Å². The molecule has 0 fully saturated rings. The van der Waals surface area contributed by atoms with Gasteiger partial charge in [-0.3, -0.25) is 0 Å². The Kier molecular flexibility index (Phi) is 7.06. The predicted octanol–water partition coefficient (Wildman–Crippen LogP) is 5.25. The number of aromatic nitrogens is 3. The van der Waals surface area contributed by atoms with Crippen molar-refractivity contribution in [3.05, 3.63) is 34.8 Å². The summed E-state index contributed by atoms with van der Waals surface area (Å²) in [6.07, 6.45) is 4.79. The highest BCUT2D eigenvalue weighted by Crippen LogP contribution is 2.23. The molecule has 0 saturated carbocycles. The SMILES string of the molecule is CCCCN(CCCC)c1ccc(-c2nc(Cl)nc(Cl)n2)cc1. The molecule has 2 rings (SSSR count). The van der Waals surface area contributed by atoms with Crippen molar-refractivity contribution in [1.29, 1.82) is 0 Å². The summed E-state index contributed by atoms with van der Waals surface area (Å²) in [4.78, 5) is 14.5. The molecular formula is C17H22Cl2N4. The molecule has 4 nitrogen and oxygen atoms in total. The smallest absolute Gasteiger partial charge is 0.227 e. The quantitative estimate of drug-likeness (QED) is 0.650. The van der Waals surface area contributed by atoms with E-state index in [1.54, 1.807) is 0 Å². The molecule has 124 valence electrons. The van der Waals surface area contributed by atoms with Crippen LogP contribution in [0.3, 0.4) is 0 Å². The zero-order valence-electron chi connectivity index (χ0n) is 13.6. The molecule has 0 radical (unpaired) electrons. The minimum absolute atomic E-state index is 0.108. The van der Waals surface area contributed by atoms with E-state index in [1.165, 1.54) is 31.4 Å². The van der Waals surface area contributed by atoms with E-state index in [2.05, 4.69) is 45.8 Å². The minimum Gasteiger partial charge on any atom is -0.372 e. The van der Waals surface area contributed by atoms with Crippen LogP contribution >= 0.6 is 23.2 Å². The summed E-state index contributed by atoms with van der Waals surface area (Å²) >= 11 is 11.7. The lowest BCUT2D eigenvalue weighted by Gasteiger charge is -2.24. The number of nitrogens with zero attached hydrogens (tertiary/aromatic N) is 4. The van der Waals surface area contributed by atoms with E-state index in [9.17, 15) is 0 Å². The predicted molar refractivity (Wildman–Crippen MR) is 97.3 cm³/mol. The fourth-order valence-electron chi connectivity index (χ4n) is 2.34. The molecule has 0 spiro atoms. The monoisotopic (exact) mass is 352 g/mol. The summed E-state index contributed by atoms with van der Waals surface area (Å²) in [5.74, 6) is 0.496. The van der Waals surface area contributed by atoms with Crippen LogP contribution in [0.5, 0.6) is 0 Å². The third-order valence-corrected chi connectivity index (χ3v) is 3.97. The van der Waals surface area contributed by atoms with Gasteiger partial charge in [-0.15, -0.1) is 0 Å². The van der Waals surface area contributed by atoms with Crippen molar-refractivity contribution in [2.24, 2.45) is 0 Å². The van der Waals surface area contributed by atoms with E-state index in [1.807, 2.05) is 12.1 Å². The van der Waals surface area contributed by atoms with Gasteiger partial charge >= 0.3 is 0 Å². The van der Waals surface area contributed by atoms with Gasteiger partial charge in [0.15, 0.2) is 5.82 Å². The largest absolute Gasteiger partial charge is 0.372 e. The number of hydrogen-bond donors (Lipinski definition) is 0. The Hall–Kier alpha value is -1.39. The van der Waals surface area contributed by atoms with Crippen molar-refractivity contribution >= 4 is 28.9 Å². The summed E-state index contributed by atoms with van der Waals surface area (Å²) in [6.45, 7) is 6.60. The van der Waals surface area contributed by atoms with Crippen LogP contribution in [0.4, 0.5) is 5.69 Å². The zero-order chi connectivity index (χ0) is 16.7.